The first-order valence-corrected chi connectivity index (χ1v) is 10.6. The van der Waals surface area contributed by atoms with E-state index < -0.39 is 5.97 Å². The zero-order valence-corrected chi connectivity index (χ0v) is 16.9. The fourth-order valence-electron chi connectivity index (χ4n) is 4.62. The number of carboxylic acid groups (broad SMARTS) is 1. The van der Waals surface area contributed by atoms with Crippen LogP contribution in [0.5, 0.6) is 5.75 Å². The van der Waals surface area contributed by atoms with E-state index in [9.17, 15) is 4.79 Å². The Morgan fingerprint density at radius 3 is 2.43 bits per heavy atom. The van der Waals surface area contributed by atoms with Crippen LogP contribution in [0.15, 0.2) is 36.4 Å². The van der Waals surface area contributed by atoms with Crippen molar-refractivity contribution in [1.29, 1.82) is 0 Å². The standard InChI is InChI=1S/C24H31NO3/c1-16(2)18-5-8-22(9-6-18)28-23-10-7-19-11-17(3-4-20(19)12-23)13-25-14-21(15-25)24(26)27/h3-4,7,10-12,16,18,21-22H,5-6,8-9,13-15H2,1-2H3,(H,26,27). The first-order chi connectivity index (χ1) is 13.5. The van der Waals surface area contributed by atoms with E-state index in [1.165, 1.54) is 29.2 Å². The normalized spacial score (nSPS) is 23.7. The Bertz CT molecular complexity index is 833. The smallest absolute Gasteiger partial charge is 0.309 e. The van der Waals surface area contributed by atoms with Gasteiger partial charge in [0, 0.05) is 19.6 Å². The van der Waals surface area contributed by atoms with Crippen molar-refractivity contribution >= 4 is 16.7 Å². The SMILES string of the molecule is CC(C)C1CCC(Oc2ccc3cc(CN4CC(C(=O)O)C4)ccc3c2)CC1. The Kier molecular flexibility index (Phi) is 5.58. The molecule has 2 aromatic carbocycles. The molecule has 1 N–H and O–H groups in total. The number of likely N-dealkylation sites (tertiary alicyclic amines) is 1. The van der Waals surface area contributed by atoms with Gasteiger partial charge in [-0.15, -0.1) is 0 Å². The molecule has 2 fully saturated rings. The number of benzene rings is 2. The highest BCUT2D eigenvalue weighted by molar-refractivity contribution is 5.84. The molecular weight excluding hydrogens is 350 g/mol. The molecule has 0 bridgehead atoms. The molecule has 4 heteroatoms. The van der Waals surface area contributed by atoms with Crippen molar-refractivity contribution in [2.24, 2.45) is 17.8 Å². The van der Waals surface area contributed by atoms with Crippen molar-refractivity contribution in [1.82, 2.24) is 4.90 Å². The van der Waals surface area contributed by atoms with Crippen LogP contribution in [-0.2, 0) is 11.3 Å². The maximum atomic E-state index is 10.9. The fraction of sp³-hybridized carbons (Fsp3) is 0.542. The number of hydrogen-bond donors (Lipinski definition) is 1. The van der Waals surface area contributed by atoms with E-state index in [1.807, 2.05) is 0 Å². The predicted octanol–water partition coefficient (Wildman–Crippen LogP) is 4.95. The van der Waals surface area contributed by atoms with Crippen LogP contribution in [0.3, 0.4) is 0 Å². The summed E-state index contributed by atoms with van der Waals surface area (Å²) in [4.78, 5) is 13.1. The van der Waals surface area contributed by atoms with Gasteiger partial charge in [-0.25, -0.2) is 0 Å². The van der Waals surface area contributed by atoms with Gasteiger partial charge in [-0.2, -0.15) is 0 Å². The molecule has 4 nitrogen and oxygen atoms in total. The minimum atomic E-state index is -0.681. The number of carboxylic acids is 1. The quantitative estimate of drug-likeness (QED) is 0.769. The summed E-state index contributed by atoms with van der Waals surface area (Å²) in [5.41, 5.74) is 1.23. The van der Waals surface area contributed by atoms with Gasteiger partial charge in [0.2, 0.25) is 0 Å². The summed E-state index contributed by atoms with van der Waals surface area (Å²) in [6.45, 7) is 6.78. The lowest BCUT2D eigenvalue weighted by Gasteiger charge is -2.36. The molecule has 0 radical (unpaired) electrons. The van der Waals surface area contributed by atoms with Crippen LogP contribution in [-0.4, -0.2) is 35.2 Å². The van der Waals surface area contributed by atoms with E-state index in [0.29, 0.717) is 19.2 Å². The highest BCUT2D eigenvalue weighted by Gasteiger charge is 2.32. The third-order valence-electron chi connectivity index (χ3n) is 6.55. The molecule has 0 unspecified atom stereocenters. The van der Waals surface area contributed by atoms with E-state index in [1.54, 1.807) is 0 Å². The highest BCUT2D eigenvalue weighted by atomic mass is 16.5. The van der Waals surface area contributed by atoms with Crippen molar-refractivity contribution in [3.8, 4) is 5.75 Å². The molecule has 2 aliphatic rings. The fourth-order valence-corrected chi connectivity index (χ4v) is 4.62. The lowest BCUT2D eigenvalue weighted by Crippen LogP contribution is -2.49. The Hall–Kier alpha value is -2.07. The lowest BCUT2D eigenvalue weighted by molar-refractivity contribution is -0.147. The molecule has 4 rings (SSSR count). The van der Waals surface area contributed by atoms with Crippen LogP contribution in [0.2, 0.25) is 0 Å². The maximum absolute atomic E-state index is 10.9. The molecular formula is C24H31NO3. The Morgan fingerprint density at radius 2 is 1.75 bits per heavy atom. The zero-order valence-electron chi connectivity index (χ0n) is 16.9. The summed E-state index contributed by atoms with van der Waals surface area (Å²) >= 11 is 0. The van der Waals surface area contributed by atoms with Gasteiger partial charge in [0.1, 0.15) is 5.75 Å². The number of ether oxygens (including phenoxy) is 1. The van der Waals surface area contributed by atoms with E-state index in [-0.39, 0.29) is 5.92 Å². The van der Waals surface area contributed by atoms with Crippen LogP contribution in [0.4, 0.5) is 0 Å². The second kappa shape index (κ2) is 8.12. The number of hydrogen-bond acceptors (Lipinski definition) is 3. The largest absolute Gasteiger partial charge is 0.490 e. The van der Waals surface area contributed by atoms with E-state index in [2.05, 4.69) is 55.1 Å². The van der Waals surface area contributed by atoms with Gasteiger partial charge in [-0.1, -0.05) is 32.0 Å². The van der Waals surface area contributed by atoms with Crippen LogP contribution >= 0.6 is 0 Å². The summed E-state index contributed by atoms with van der Waals surface area (Å²) in [6, 6.07) is 12.9. The maximum Gasteiger partial charge on any atom is 0.309 e. The molecule has 28 heavy (non-hydrogen) atoms. The van der Waals surface area contributed by atoms with Gasteiger partial charge in [0.25, 0.3) is 0 Å². The average molecular weight is 382 g/mol. The van der Waals surface area contributed by atoms with Gasteiger partial charge in [-0.05, 0) is 72.1 Å². The minimum absolute atomic E-state index is 0.198. The summed E-state index contributed by atoms with van der Waals surface area (Å²) < 4.78 is 6.28. The van der Waals surface area contributed by atoms with E-state index in [0.717, 1.165) is 37.0 Å². The lowest BCUT2D eigenvalue weighted by atomic mass is 9.80. The molecule has 150 valence electrons. The van der Waals surface area contributed by atoms with Gasteiger partial charge < -0.3 is 9.84 Å². The third-order valence-corrected chi connectivity index (χ3v) is 6.55. The Morgan fingerprint density at radius 1 is 1.07 bits per heavy atom. The average Bonchev–Trinajstić information content (AvgIpc) is 2.64. The van der Waals surface area contributed by atoms with Crippen molar-refractivity contribution in [3.63, 3.8) is 0 Å². The summed E-state index contributed by atoms with van der Waals surface area (Å²) in [5, 5.41) is 11.4. The van der Waals surface area contributed by atoms with Crippen molar-refractivity contribution in [2.45, 2.75) is 52.2 Å². The van der Waals surface area contributed by atoms with Crippen molar-refractivity contribution < 1.29 is 14.6 Å². The second-order valence-electron chi connectivity index (χ2n) is 8.97. The van der Waals surface area contributed by atoms with Gasteiger partial charge >= 0.3 is 5.97 Å². The monoisotopic (exact) mass is 381 g/mol. The third kappa shape index (κ3) is 4.33. The molecule has 0 amide bonds. The Balaban J connectivity index is 1.35. The second-order valence-corrected chi connectivity index (χ2v) is 8.97. The van der Waals surface area contributed by atoms with E-state index >= 15 is 0 Å². The number of aliphatic carboxylic acids is 1. The van der Waals surface area contributed by atoms with Crippen LogP contribution in [0.25, 0.3) is 10.8 Å². The topological polar surface area (TPSA) is 49.8 Å². The molecule has 0 atom stereocenters. The first kappa shape index (κ1) is 19.3. The minimum Gasteiger partial charge on any atom is -0.490 e. The number of carbonyl (C=O) groups is 1. The van der Waals surface area contributed by atoms with Crippen LogP contribution in [0.1, 0.15) is 45.1 Å². The molecule has 1 saturated heterocycles. The number of fused-ring (bicyclic) bond motifs is 1. The van der Waals surface area contributed by atoms with Gasteiger partial charge in [0.05, 0.1) is 12.0 Å². The molecule has 1 saturated carbocycles. The van der Waals surface area contributed by atoms with Crippen LogP contribution in [0, 0.1) is 17.8 Å². The zero-order chi connectivity index (χ0) is 19.7. The molecule has 1 heterocycles. The predicted molar refractivity (Wildman–Crippen MR) is 112 cm³/mol. The molecule has 1 aliphatic heterocycles. The van der Waals surface area contributed by atoms with Gasteiger partial charge in [0.15, 0.2) is 0 Å². The van der Waals surface area contributed by atoms with Crippen molar-refractivity contribution in [2.75, 3.05) is 13.1 Å². The summed E-state index contributed by atoms with van der Waals surface area (Å²) in [6.07, 6.45) is 5.22. The van der Waals surface area contributed by atoms with Gasteiger partial charge in [-0.3, -0.25) is 9.69 Å². The van der Waals surface area contributed by atoms with E-state index in [4.69, 9.17) is 9.84 Å². The molecule has 2 aromatic rings. The molecule has 1 aliphatic carbocycles. The first-order valence-electron chi connectivity index (χ1n) is 10.6. The Labute approximate surface area is 167 Å². The summed E-state index contributed by atoms with van der Waals surface area (Å²) in [7, 11) is 0. The molecule has 0 aromatic heterocycles. The number of rotatable bonds is 6. The highest BCUT2D eigenvalue weighted by Crippen LogP contribution is 2.33. The summed E-state index contributed by atoms with van der Waals surface area (Å²) in [5.74, 6) is 1.73. The number of nitrogens with zero attached hydrogens (tertiary/aromatic N) is 1. The van der Waals surface area contributed by atoms with Crippen molar-refractivity contribution in [3.05, 3.63) is 42.0 Å². The molecule has 0 spiro atoms. The van der Waals surface area contributed by atoms with Crippen LogP contribution < -0.4 is 4.74 Å².